The number of aliphatic hydroxyl groups is 1. The number of halogens is 1. The van der Waals surface area contributed by atoms with Gasteiger partial charge in [-0.2, -0.15) is 10.2 Å². The molecular formula is C19H22FN5O. The third-order valence-electron chi connectivity index (χ3n) is 4.85. The maximum atomic E-state index is 13.6. The van der Waals surface area contributed by atoms with Gasteiger partial charge in [-0.3, -0.25) is 4.68 Å². The van der Waals surface area contributed by atoms with E-state index in [0.717, 1.165) is 23.7 Å². The Hall–Kier alpha value is -2.54. The third-order valence-corrected chi connectivity index (χ3v) is 4.85. The zero-order valence-corrected chi connectivity index (χ0v) is 14.9. The summed E-state index contributed by atoms with van der Waals surface area (Å²) in [6, 6.07) is 6.47. The summed E-state index contributed by atoms with van der Waals surface area (Å²) in [6.07, 6.45) is 4.30. The molecule has 0 saturated heterocycles. The lowest BCUT2D eigenvalue weighted by Crippen LogP contribution is -2.09. The van der Waals surface area contributed by atoms with Gasteiger partial charge in [-0.1, -0.05) is 0 Å². The van der Waals surface area contributed by atoms with E-state index < -0.39 is 6.10 Å². The van der Waals surface area contributed by atoms with Crippen LogP contribution in [0.25, 0.3) is 11.4 Å². The van der Waals surface area contributed by atoms with Gasteiger partial charge in [0.25, 0.3) is 0 Å². The molecule has 136 valence electrons. The number of aryl methyl sites for hydroxylation is 1. The number of hydrogen-bond acceptors (Lipinski definition) is 4. The molecule has 1 aliphatic rings. The molecule has 0 bridgehead atoms. The van der Waals surface area contributed by atoms with Gasteiger partial charge < -0.3 is 5.11 Å². The molecule has 0 radical (unpaired) electrons. The number of rotatable bonds is 6. The number of nitrogens with zero attached hydrogens (tertiary/aromatic N) is 5. The van der Waals surface area contributed by atoms with E-state index in [4.69, 9.17) is 0 Å². The topological polar surface area (TPSA) is 68.8 Å². The monoisotopic (exact) mass is 355 g/mol. The third kappa shape index (κ3) is 3.39. The molecule has 1 fully saturated rings. The van der Waals surface area contributed by atoms with Crippen molar-refractivity contribution in [2.75, 3.05) is 0 Å². The Balaban J connectivity index is 1.65. The molecule has 4 rings (SSSR count). The van der Waals surface area contributed by atoms with Crippen molar-refractivity contribution in [1.29, 1.82) is 0 Å². The SMILES string of the molecule is C[C@@H](O)c1cc(F)ccc1-c1ncnn1Cc1cc(CC2CC2)nn1C. The Kier molecular flexibility index (Phi) is 4.32. The van der Waals surface area contributed by atoms with Gasteiger partial charge in [0.05, 0.1) is 24.0 Å². The molecule has 0 amide bonds. The molecule has 1 N–H and O–H groups in total. The summed E-state index contributed by atoms with van der Waals surface area (Å²) >= 11 is 0. The Morgan fingerprint density at radius 3 is 2.85 bits per heavy atom. The highest BCUT2D eigenvalue weighted by atomic mass is 19.1. The number of benzene rings is 1. The fourth-order valence-electron chi connectivity index (χ4n) is 3.26. The maximum absolute atomic E-state index is 13.6. The summed E-state index contributed by atoms with van der Waals surface area (Å²) in [5.41, 5.74) is 3.32. The lowest BCUT2D eigenvalue weighted by atomic mass is 10.0. The van der Waals surface area contributed by atoms with Crippen molar-refractivity contribution in [1.82, 2.24) is 24.5 Å². The summed E-state index contributed by atoms with van der Waals surface area (Å²) in [6.45, 7) is 2.13. The quantitative estimate of drug-likeness (QED) is 0.738. The molecule has 6 nitrogen and oxygen atoms in total. The fraction of sp³-hybridized carbons (Fsp3) is 0.421. The van der Waals surface area contributed by atoms with Crippen molar-refractivity contribution < 1.29 is 9.50 Å². The van der Waals surface area contributed by atoms with Crippen molar-refractivity contribution in [2.24, 2.45) is 13.0 Å². The molecule has 26 heavy (non-hydrogen) atoms. The molecule has 0 aliphatic heterocycles. The van der Waals surface area contributed by atoms with Gasteiger partial charge in [0, 0.05) is 12.6 Å². The Morgan fingerprint density at radius 1 is 1.31 bits per heavy atom. The fourth-order valence-corrected chi connectivity index (χ4v) is 3.26. The van der Waals surface area contributed by atoms with E-state index in [0.29, 0.717) is 23.5 Å². The van der Waals surface area contributed by atoms with E-state index in [1.165, 1.54) is 31.3 Å². The van der Waals surface area contributed by atoms with Crippen LogP contribution in [-0.4, -0.2) is 29.7 Å². The van der Waals surface area contributed by atoms with Gasteiger partial charge >= 0.3 is 0 Å². The molecule has 1 aliphatic carbocycles. The van der Waals surface area contributed by atoms with Gasteiger partial charge in [-0.05, 0) is 61.9 Å². The smallest absolute Gasteiger partial charge is 0.158 e. The predicted molar refractivity (Wildman–Crippen MR) is 94.8 cm³/mol. The minimum atomic E-state index is -0.798. The lowest BCUT2D eigenvalue weighted by Gasteiger charge is -2.13. The van der Waals surface area contributed by atoms with Crippen LogP contribution in [0.2, 0.25) is 0 Å². The Labute approximate surface area is 151 Å². The summed E-state index contributed by atoms with van der Waals surface area (Å²) in [5, 5.41) is 18.9. The van der Waals surface area contributed by atoms with Crippen LogP contribution in [0.5, 0.6) is 0 Å². The molecule has 0 unspecified atom stereocenters. The van der Waals surface area contributed by atoms with Gasteiger partial charge in [0.15, 0.2) is 5.82 Å². The first-order chi connectivity index (χ1) is 12.5. The second-order valence-corrected chi connectivity index (χ2v) is 7.05. The van der Waals surface area contributed by atoms with Crippen LogP contribution < -0.4 is 0 Å². The van der Waals surface area contributed by atoms with Crippen LogP contribution >= 0.6 is 0 Å². The number of aliphatic hydroxyl groups excluding tert-OH is 1. The average molecular weight is 355 g/mol. The first-order valence-corrected chi connectivity index (χ1v) is 8.88. The van der Waals surface area contributed by atoms with Crippen molar-refractivity contribution in [2.45, 2.75) is 38.8 Å². The van der Waals surface area contributed by atoms with Crippen LogP contribution in [0.3, 0.4) is 0 Å². The maximum Gasteiger partial charge on any atom is 0.158 e. The van der Waals surface area contributed by atoms with E-state index in [9.17, 15) is 9.50 Å². The molecular weight excluding hydrogens is 333 g/mol. The van der Waals surface area contributed by atoms with E-state index >= 15 is 0 Å². The lowest BCUT2D eigenvalue weighted by molar-refractivity contribution is 0.199. The van der Waals surface area contributed by atoms with E-state index in [2.05, 4.69) is 21.2 Å². The molecule has 3 aromatic rings. The Bertz CT molecular complexity index is 926. The minimum Gasteiger partial charge on any atom is -0.389 e. The summed E-state index contributed by atoms with van der Waals surface area (Å²) in [7, 11) is 1.93. The van der Waals surface area contributed by atoms with Gasteiger partial charge in [0.1, 0.15) is 12.1 Å². The summed E-state index contributed by atoms with van der Waals surface area (Å²) in [5.74, 6) is 1.01. The highest BCUT2D eigenvalue weighted by molar-refractivity contribution is 5.61. The molecule has 0 spiro atoms. The highest BCUT2D eigenvalue weighted by Crippen LogP contribution is 2.32. The second kappa shape index (κ2) is 6.64. The largest absolute Gasteiger partial charge is 0.389 e. The molecule has 1 aromatic carbocycles. The average Bonchev–Trinajstić information content (AvgIpc) is 3.18. The van der Waals surface area contributed by atoms with Gasteiger partial charge in [0.2, 0.25) is 0 Å². The van der Waals surface area contributed by atoms with Crippen LogP contribution in [0, 0.1) is 11.7 Å². The zero-order chi connectivity index (χ0) is 18.3. The first-order valence-electron chi connectivity index (χ1n) is 8.88. The van der Waals surface area contributed by atoms with Gasteiger partial charge in [-0.25, -0.2) is 14.1 Å². The molecule has 2 aromatic heterocycles. The zero-order valence-electron chi connectivity index (χ0n) is 14.9. The van der Waals surface area contributed by atoms with Crippen LogP contribution in [-0.2, 0) is 20.0 Å². The summed E-state index contributed by atoms with van der Waals surface area (Å²) in [4.78, 5) is 4.34. The van der Waals surface area contributed by atoms with Crippen molar-refractivity contribution in [3.05, 3.63) is 53.4 Å². The minimum absolute atomic E-state index is 0.382. The first kappa shape index (κ1) is 16.9. The highest BCUT2D eigenvalue weighted by Gasteiger charge is 2.23. The molecule has 7 heteroatoms. The van der Waals surface area contributed by atoms with Crippen molar-refractivity contribution >= 4 is 0 Å². The van der Waals surface area contributed by atoms with E-state index in [-0.39, 0.29) is 5.82 Å². The van der Waals surface area contributed by atoms with Crippen LogP contribution in [0.4, 0.5) is 4.39 Å². The van der Waals surface area contributed by atoms with Crippen molar-refractivity contribution in [3.63, 3.8) is 0 Å². The standard InChI is InChI=1S/C19H22FN5O/c1-12(26)18-8-14(20)5-6-17(18)19-21-11-22-25(19)10-16-9-15(23-24(16)2)7-13-3-4-13/h5-6,8-9,11-13,26H,3-4,7,10H2,1-2H3/t12-/m1/s1. The molecule has 2 heterocycles. The van der Waals surface area contributed by atoms with E-state index in [1.54, 1.807) is 17.7 Å². The normalized spacial score (nSPS) is 15.4. The summed E-state index contributed by atoms with van der Waals surface area (Å²) < 4.78 is 17.2. The molecule has 1 saturated carbocycles. The van der Waals surface area contributed by atoms with Crippen molar-refractivity contribution in [3.8, 4) is 11.4 Å². The number of aromatic nitrogens is 5. The van der Waals surface area contributed by atoms with E-state index in [1.807, 2.05) is 11.7 Å². The number of hydrogen-bond donors (Lipinski definition) is 1. The van der Waals surface area contributed by atoms with Gasteiger partial charge in [-0.15, -0.1) is 0 Å². The van der Waals surface area contributed by atoms with Crippen LogP contribution in [0.1, 0.15) is 42.8 Å². The molecule has 1 atom stereocenters. The predicted octanol–water partition coefficient (Wildman–Crippen LogP) is 2.87. The van der Waals surface area contributed by atoms with Crippen LogP contribution in [0.15, 0.2) is 30.6 Å². The Morgan fingerprint density at radius 2 is 2.12 bits per heavy atom. The second-order valence-electron chi connectivity index (χ2n) is 7.05.